The summed E-state index contributed by atoms with van der Waals surface area (Å²) in [7, 11) is 0. The van der Waals surface area contributed by atoms with E-state index in [1.54, 1.807) is 11.8 Å². The first-order valence-electron chi connectivity index (χ1n) is 9.94. The molecule has 5 nitrogen and oxygen atoms in total. The molecule has 2 heterocycles. The van der Waals surface area contributed by atoms with E-state index in [1.807, 2.05) is 43.3 Å². The highest BCUT2D eigenvalue weighted by atomic mass is 32.2. The molecule has 3 aromatic rings. The molecule has 1 aliphatic heterocycles. The number of aryl methyl sites for hydroxylation is 1. The molecule has 0 unspecified atom stereocenters. The highest BCUT2D eigenvalue weighted by Crippen LogP contribution is 2.26. The fourth-order valence-corrected chi connectivity index (χ4v) is 4.20. The van der Waals surface area contributed by atoms with Crippen molar-refractivity contribution in [1.29, 1.82) is 0 Å². The first-order chi connectivity index (χ1) is 14.2. The molecule has 1 fully saturated rings. The maximum atomic E-state index is 13.1. The van der Waals surface area contributed by atoms with Gasteiger partial charge in [0.05, 0.1) is 0 Å². The summed E-state index contributed by atoms with van der Waals surface area (Å²) in [5.41, 5.74) is 3.22. The van der Waals surface area contributed by atoms with Crippen LogP contribution in [0.2, 0.25) is 0 Å². The van der Waals surface area contributed by atoms with Crippen molar-refractivity contribution in [3.63, 3.8) is 0 Å². The van der Waals surface area contributed by atoms with E-state index in [1.165, 1.54) is 12.1 Å². The van der Waals surface area contributed by atoms with E-state index >= 15 is 0 Å². The van der Waals surface area contributed by atoms with E-state index in [0.717, 1.165) is 61.7 Å². The van der Waals surface area contributed by atoms with Crippen LogP contribution >= 0.6 is 11.8 Å². The number of aromatic nitrogens is 2. The third kappa shape index (κ3) is 5.16. The van der Waals surface area contributed by atoms with Gasteiger partial charge in [0, 0.05) is 43.2 Å². The maximum Gasteiger partial charge on any atom is 0.276 e. The summed E-state index contributed by atoms with van der Waals surface area (Å²) >= 11 is 1.62. The van der Waals surface area contributed by atoms with Crippen LogP contribution in [0.15, 0.2) is 58.2 Å². The Morgan fingerprint density at radius 3 is 2.52 bits per heavy atom. The second-order valence-corrected chi connectivity index (χ2v) is 8.24. The molecule has 1 aliphatic rings. The molecule has 0 spiro atoms. The number of anilines is 1. The molecule has 0 amide bonds. The van der Waals surface area contributed by atoms with E-state index < -0.39 is 0 Å². The Morgan fingerprint density at radius 2 is 1.76 bits per heavy atom. The lowest BCUT2D eigenvalue weighted by Gasteiger charge is -2.36. The van der Waals surface area contributed by atoms with Crippen molar-refractivity contribution in [1.82, 2.24) is 15.1 Å². The van der Waals surface area contributed by atoms with Gasteiger partial charge >= 0.3 is 0 Å². The standard InChI is InChI=1S/C22H25FN4OS/c1-17-5-2-3-6-20(17)21-24-25-22(28-21)29-16-4-11-26-12-14-27(15-13-26)19-9-7-18(23)8-10-19/h2-3,5-10H,4,11-16H2,1H3. The molecule has 4 rings (SSSR count). The van der Waals surface area contributed by atoms with Gasteiger partial charge in [-0.2, -0.15) is 0 Å². The van der Waals surface area contributed by atoms with Crippen LogP contribution in [0.1, 0.15) is 12.0 Å². The van der Waals surface area contributed by atoms with Crippen LogP contribution in [0.5, 0.6) is 0 Å². The van der Waals surface area contributed by atoms with Crippen LogP contribution in [0, 0.1) is 12.7 Å². The predicted octanol–water partition coefficient (Wildman–Crippen LogP) is 4.49. The number of hydrogen-bond donors (Lipinski definition) is 0. The van der Waals surface area contributed by atoms with Crippen molar-refractivity contribution in [2.24, 2.45) is 0 Å². The maximum absolute atomic E-state index is 13.1. The van der Waals surface area contributed by atoms with Gasteiger partial charge in [-0.3, -0.25) is 4.90 Å². The minimum atomic E-state index is -0.183. The molecule has 0 N–H and O–H groups in total. The summed E-state index contributed by atoms with van der Waals surface area (Å²) < 4.78 is 18.9. The van der Waals surface area contributed by atoms with Gasteiger partial charge in [-0.1, -0.05) is 30.0 Å². The Kier molecular flexibility index (Phi) is 6.46. The first-order valence-corrected chi connectivity index (χ1v) is 10.9. The number of benzene rings is 2. The SMILES string of the molecule is Cc1ccccc1-c1nnc(SCCCN2CCN(c3ccc(F)cc3)CC2)o1. The fourth-order valence-electron chi connectivity index (χ4n) is 3.52. The molecule has 2 aromatic carbocycles. The molecule has 0 atom stereocenters. The second kappa shape index (κ2) is 9.41. The number of hydrogen-bond acceptors (Lipinski definition) is 6. The summed E-state index contributed by atoms with van der Waals surface area (Å²) in [6, 6.07) is 14.8. The van der Waals surface area contributed by atoms with Crippen molar-refractivity contribution in [3.05, 3.63) is 59.9 Å². The summed E-state index contributed by atoms with van der Waals surface area (Å²) in [6.07, 6.45) is 1.07. The quantitative estimate of drug-likeness (QED) is 0.421. The number of piperazine rings is 1. The van der Waals surface area contributed by atoms with Crippen LogP contribution < -0.4 is 4.90 Å². The Balaban J connectivity index is 1.18. The lowest BCUT2D eigenvalue weighted by molar-refractivity contribution is 0.259. The molecular weight excluding hydrogens is 387 g/mol. The molecule has 152 valence electrons. The number of rotatable bonds is 7. The molecule has 1 saturated heterocycles. The van der Waals surface area contributed by atoms with Crippen LogP contribution in [0.4, 0.5) is 10.1 Å². The van der Waals surface area contributed by atoms with Gasteiger partial charge in [0.1, 0.15) is 5.82 Å². The molecule has 7 heteroatoms. The normalized spacial score (nSPS) is 15.0. The number of nitrogens with zero attached hydrogens (tertiary/aromatic N) is 4. The van der Waals surface area contributed by atoms with Crippen LogP contribution in [0.3, 0.4) is 0 Å². The number of halogens is 1. The van der Waals surface area contributed by atoms with Gasteiger partial charge in [0.25, 0.3) is 5.22 Å². The Morgan fingerprint density at radius 1 is 1.00 bits per heavy atom. The lowest BCUT2D eigenvalue weighted by atomic mass is 10.1. The topological polar surface area (TPSA) is 45.4 Å². The smallest absolute Gasteiger partial charge is 0.276 e. The minimum Gasteiger partial charge on any atom is -0.411 e. The summed E-state index contributed by atoms with van der Waals surface area (Å²) in [5, 5.41) is 8.98. The highest BCUT2D eigenvalue weighted by Gasteiger charge is 2.17. The van der Waals surface area contributed by atoms with Gasteiger partial charge in [-0.15, -0.1) is 10.2 Å². The third-order valence-electron chi connectivity index (χ3n) is 5.19. The largest absolute Gasteiger partial charge is 0.411 e. The summed E-state index contributed by atoms with van der Waals surface area (Å²) in [5.74, 6) is 1.35. The zero-order chi connectivity index (χ0) is 20.1. The van der Waals surface area contributed by atoms with Crippen LogP contribution in [-0.2, 0) is 0 Å². The van der Waals surface area contributed by atoms with Crippen molar-refractivity contribution in [2.75, 3.05) is 43.4 Å². The average Bonchev–Trinajstić information content (AvgIpc) is 3.21. The van der Waals surface area contributed by atoms with E-state index in [0.29, 0.717) is 11.1 Å². The minimum absolute atomic E-state index is 0.183. The zero-order valence-electron chi connectivity index (χ0n) is 16.6. The predicted molar refractivity (Wildman–Crippen MR) is 115 cm³/mol. The third-order valence-corrected chi connectivity index (χ3v) is 6.09. The molecule has 1 aromatic heterocycles. The van der Waals surface area contributed by atoms with Crippen LogP contribution in [0.25, 0.3) is 11.5 Å². The van der Waals surface area contributed by atoms with E-state index in [2.05, 4.69) is 20.0 Å². The van der Waals surface area contributed by atoms with E-state index in [4.69, 9.17) is 4.42 Å². The van der Waals surface area contributed by atoms with Crippen molar-refractivity contribution < 1.29 is 8.81 Å². The first kappa shape index (κ1) is 19.9. The van der Waals surface area contributed by atoms with E-state index in [9.17, 15) is 4.39 Å². The van der Waals surface area contributed by atoms with Gasteiger partial charge in [-0.25, -0.2) is 4.39 Å². The van der Waals surface area contributed by atoms with Gasteiger partial charge < -0.3 is 9.32 Å². The molecule has 0 aliphatic carbocycles. The monoisotopic (exact) mass is 412 g/mol. The van der Waals surface area contributed by atoms with Crippen molar-refractivity contribution >= 4 is 17.4 Å². The summed E-state index contributed by atoms with van der Waals surface area (Å²) in [4.78, 5) is 4.80. The van der Waals surface area contributed by atoms with Crippen LogP contribution in [-0.4, -0.2) is 53.6 Å². The van der Waals surface area contributed by atoms with Gasteiger partial charge in [0.15, 0.2) is 0 Å². The van der Waals surface area contributed by atoms with Crippen molar-refractivity contribution in [3.8, 4) is 11.5 Å². The van der Waals surface area contributed by atoms with Crippen molar-refractivity contribution in [2.45, 2.75) is 18.6 Å². The molecule has 0 radical (unpaired) electrons. The zero-order valence-corrected chi connectivity index (χ0v) is 17.4. The van der Waals surface area contributed by atoms with E-state index in [-0.39, 0.29) is 5.82 Å². The van der Waals surface area contributed by atoms with Gasteiger partial charge in [-0.05, 0) is 55.8 Å². The summed E-state index contributed by atoms with van der Waals surface area (Å²) in [6.45, 7) is 7.11. The molecular formula is C22H25FN4OS. The Hall–Kier alpha value is -2.38. The highest BCUT2D eigenvalue weighted by molar-refractivity contribution is 7.99. The molecule has 29 heavy (non-hydrogen) atoms. The molecule has 0 saturated carbocycles. The number of thioether (sulfide) groups is 1. The second-order valence-electron chi connectivity index (χ2n) is 7.20. The average molecular weight is 413 g/mol. The van der Waals surface area contributed by atoms with Gasteiger partial charge in [0.2, 0.25) is 5.89 Å². The Labute approximate surface area is 174 Å². The molecule has 0 bridgehead atoms. The Bertz CT molecular complexity index is 923. The lowest BCUT2D eigenvalue weighted by Crippen LogP contribution is -2.46. The fraction of sp³-hybridized carbons (Fsp3) is 0.364.